The van der Waals surface area contributed by atoms with Gasteiger partial charge in [-0.15, -0.1) is 0 Å². The topological polar surface area (TPSA) is 58.4 Å². The molecule has 0 aromatic carbocycles. The van der Waals surface area contributed by atoms with E-state index >= 15 is 0 Å². The molecule has 17 heavy (non-hydrogen) atoms. The highest BCUT2D eigenvalue weighted by Gasteiger charge is 2.30. The molecule has 0 bridgehead atoms. The third-order valence-electron chi connectivity index (χ3n) is 3.22. The van der Waals surface area contributed by atoms with Crippen LogP contribution in [0.15, 0.2) is 12.4 Å². The largest absolute Gasteiger partial charge is 0.480 e. The lowest BCUT2D eigenvalue weighted by molar-refractivity contribution is -0.142. The average Bonchev–Trinajstić information content (AvgIpc) is 2.86. The molecule has 2 rings (SSSR count). The Morgan fingerprint density at radius 2 is 2.41 bits per heavy atom. The molecule has 1 N–H and O–H groups in total. The van der Waals surface area contributed by atoms with Crippen molar-refractivity contribution >= 4 is 5.97 Å². The lowest BCUT2D eigenvalue weighted by Gasteiger charge is -2.19. The quantitative estimate of drug-likeness (QED) is 0.862. The van der Waals surface area contributed by atoms with Crippen molar-refractivity contribution in [2.45, 2.75) is 45.3 Å². The molecule has 1 aliphatic rings. The minimum atomic E-state index is -0.709. The van der Waals surface area contributed by atoms with Gasteiger partial charge in [-0.1, -0.05) is 0 Å². The van der Waals surface area contributed by atoms with E-state index in [9.17, 15) is 4.79 Å². The maximum absolute atomic E-state index is 11.1. The number of likely N-dealkylation sites (tertiary alicyclic amines) is 1. The molecule has 0 amide bonds. The van der Waals surface area contributed by atoms with E-state index in [2.05, 4.69) is 18.9 Å². The lowest BCUT2D eigenvalue weighted by atomic mass is 10.2. The average molecular weight is 237 g/mol. The van der Waals surface area contributed by atoms with Crippen LogP contribution in [0.5, 0.6) is 0 Å². The number of carbonyl (C=O) groups is 1. The first-order valence-electron chi connectivity index (χ1n) is 6.08. The second-order valence-electron chi connectivity index (χ2n) is 4.89. The summed E-state index contributed by atoms with van der Waals surface area (Å²) in [6.45, 7) is 5.70. The van der Waals surface area contributed by atoms with Gasteiger partial charge in [0.05, 0.1) is 6.20 Å². The van der Waals surface area contributed by atoms with E-state index in [0.717, 1.165) is 24.9 Å². The summed E-state index contributed by atoms with van der Waals surface area (Å²) in [5.74, 6) is -0.709. The fourth-order valence-corrected chi connectivity index (χ4v) is 2.27. The molecule has 1 saturated heterocycles. The van der Waals surface area contributed by atoms with Crippen LogP contribution in [-0.4, -0.2) is 38.3 Å². The molecule has 1 atom stereocenters. The summed E-state index contributed by atoms with van der Waals surface area (Å²) >= 11 is 0. The highest BCUT2D eigenvalue weighted by molar-refractivity contribution is 5.73. The number of hydrogen-bond acceptors (Lipinski definition) is 3. The van der Waals surface area contributed by atoms with Gasteiger partial charge >= 0.3 is 5.97 Å². The number of rotatable bonds is 4. The Balaban J connectivity index is 2.02. The Hall–Kier alpha value is -1.36. The van der Waals surface area contributed by atoms with Crippen LogP contribution in [0.4, 0.5) is 0 Å². The molecule has 1 aromatic heterocycles. The number of aliphatic carboxylic acids is 1. The summed E-state index contributed by atoms with van der Waals surface area (Å²) in [6, 6.07) is 0.0231. The Labute approximate surface area is 101 Å². The smallest absolute Gasteiger partial charge is 0.320 e. The summed E-state index contributed by atoms with van der Waals surface area (Å²) in [6.07, 6.45) is 5.56. The van der Waals surface area contributed by atoms with Gasteiger partial charge in [-0.2, -0.15) is 5.10 Å². The van der Waals surface area contributed by atoms with Gasteiger partial charge in [-0.3, -0.25) is 14.4 Å². The fourth-order valence-electron chi connectivity index (χ4n) is 2.27. The molecule has 1 unspecified atom stereocenters. The minimum Gasteiger partial charge on any atom is -0.480 e. The van der Waals surface area contributed by atoms with E-state index in [0.29, 0.717) is 12.6 Å². The van der Waals surface area contributed by atoms with Crippen molar-refractivity contribution in [3.63, 3.8) is 0 Å². The standard InChI is InChI=1S/C12H19N3O2/c1-9(2)15-8-10(6-13-15)7-14-5-3-4-11(14)12(16)17/h6,8-9,11H,3-5,7H2,1-2H3,(H,16,17). The summed E-state index contributed by atoms with van der Waals surface area (Å²) in [5, 5.41) is 13.4. The second kappa shape index (κ2) is 4.87. The van der Waals surface area contributed by atoms with Gasteiger partial charge in [0, 0.05) is 24.3 Å². The summed E-state index contributed by atoms with van der Waals surface area (Å²) in [5.41, 5.74) is 1.09. The number of nitrogens with zero attached hydrogens (tertiary/aromatic N) is 3. The van der Waals surface area contributed by atoms with Crippen LogP contribution < -0.4 is 0 Å². The van der Waals surface area contributed by atoms with Gasteiger partial charge in [0.2, 0.25) is 0 Å². The molecular weight excluding hydrogens is 218 g/mol. The molecule has 1 aromatic rings. The molecule has 1 fully saturated rings. The fraction of sp³-hybridized carbons (Fsp3) is 0.667. The van der Waals surface area contributed by atoms with Gasteiger partial charge in [0.15, 0.2) is 0 Å². The van der Waals surface area contributed by atoms with Gasteiger partial charge in [0.25, 0.3) is 0 Å². The SMILES string of the molecule is CC(C)n1cc(CN2CCCC2C(=O)O)cn1. The van der Waals surface area contributed by atoms with Crippen molar-refractivity contribution in [3.8, 4) is 0 Å². The maximum atomic E-state index is 11.1. The van der Waals surface area contributed by atoms with Crippen molar-refractivity contribution in [1.29, 1.82) is 0 Å². The van der Waals surface area contributed by atoms with Crippen molar-refractivity contribution in [2.24, 2.45) is 0 Å². The molecule has 5 nitrogen and oxygen atoms in total. The van der Waals surface area contributed by atoms with E-state index in [-0.39, 0.29) is 6.04 Å². The zero-order valence-electron chi connectivity index (χ0n) is 10.3. The van der Waals surface area contributed by atoms with Gasteiger partial charge in [0.1, 0.15) is 6.04 Å². The number of aromatic nitrogens is 2. The molecule has 0 saturated carbocycles. The van der Waals surface area contributed by atoms with E-state index < -0.39 is 5.97 Å². The monoisotopic (exact) mass is 237 g/mol. The van der Waals surface area contributed by atoms with E-state index in [1.807, 2.05) is 22.0 Å². The van der Waals surface area contributed by atoms with Crippen LogP contribution in [0.2, 0.25) is 0 Å². The molecule has 5 heteroatoms. The first-order chi connectivity index (χ1) is 8.08. The Morgan fingerprint density at radius 1 is 1.65 bits per heavy atom. The van der Waals surface area contributed by atoms with Crippen LogP contribution in [0, 0.1) is 0 Å². The van der Waals surface area contributed by atoms with E-state index in [4.69, 9.17) is 5.11 Å². The summed E-state index contributed by atoms with van der Waals surface area (Å²) < 4.78 is 1.90. The predicted molar refractivity (Wildman–Crippen MR) is 63.7 cm³/mol. The van der Waals surface area contributed by atoms with Crippen molar-refractivity contribution < 1.29 is 9.90 Å². The highest BCUT2D eigenvalue weighted by Crippen LogP contribution is 2.20. The molecule has 2 heterocycles. The Morgan fingerprint density at radius 3 is 3.00 bits per heavy atom. The van der Waals surface area contributed by atoms with Crippen molar-refractivity contribution in [1.82, 2.24) is 14.7 Å². The third kappa shape index (κ3) is 2.66. The number of hydrogen-bond donors (Lipinski definition) is 1. The molecular formula is C12H19N3O2. The van der Waals surface area contributed by atoms with Crippen LogP contribution >= 0.6 is 0 Å². The second-order valence-corrected chi connectivity index (χ2v) is 4.89. The number of carboxylic acid groups (broad SMARTS) is 1. The number of carboxylic acids is 1. The lowest BCUT2D eigenvalue weighted by Crippen LogP contribution is -2.35. The van der Waals surface area contributed by atoms with Gasteiger partial charge in [-0.25, -0.2) is 0 Å². The van der Waals surface area contributed by atoms with E-state index in [1.165, 1.54) is 0 Å². The van der Waals surface area contributed by atoms with E-state index in [1.54, 1.807) is 0 Å². The third-order valence-corrected chi connectivity index (χ3v) is 3.22. The highest BCUT2D eigenvalue weighted by atomic mass is 16.4. The maximum Gasteiger partial charge on any atom is 0.320 e. The zero-order valence-corrected chi connectivity index (χ0v) is 10.3. The predicted octanol–water partition coefficient (Wildman–Crippen LogP) is 1.51. The molecule has 94 valence electrons. The van der Waals surface area contributed by atoms with Crippen LogP contribution in [0.1, 0.15) is 38.3 Å². The normalized spacial score (nSPS) is 21.2. The molecule has 0 radical (unpaired) electrons. The Kier molecular flexibility index (Phi) is 3.47. The molecule has 1 aliphatic heterocycles. The van der Waals surface area contributed by atoms with Gasteiger partial charge < -0.3 is 5.11 Å². The zero-order chi connectivity index (χ0) is 12.4. The van der Waals surface area contributed by atoms with Gasteiger partial charge in [-0.05, 0) is 33.2 Å². The van der Waals surface area contributed by atoms with Crippen LogP contribution in [0.25, 0.3) is 0 Å². The summed E-state index contributed by atoms with van der Waals surface area (Å²) in [4.78, 5) is 13.1. The molecule has 0 aliphatic carbocycles. The minimum absolute atomic E-state index is 0.322. The van der Waals surface area contributed by atoms with Crippen molar-refractivity contribution in [3.05, 3.63) is 18.0 Å². The summed E-state index contributed by atoms with van der Waals surface area (Å²) in [7, 11) is 0. The van der Waals surface area contributed by atoms with Crippen LogP contribution in [0.3, 0.4) is 0 Å². The first-order valence-corrected chi connectivity index (χ1v) is 6.08. The van der Waals surface area contributed by atoms with Crippen LogP contribution in [-0.2, 0) is 11.3 Å². The Bertz CT molecular complexity index is 400. The first kappa shape index (κ1) is 12.1. The van der Waals surface area contributed by atoms with Crippen molar-refractivity contribution in [2.75, 3.05) is 6.54 Å². The molecule has 0 spiro atoms.